The lowest BCUT2D eigenvalue weighted by Gasteiger charge is -2.23. The summed E-state index contributed by atoms with van der Waals surface area (Å²) < 4.78 is 5.05. The minimum absolute atomic E-state index is 0.01000. The molecule has 1 aliphatic rings. The number of carbonyl (C=O) groups is 1. The first kappa shape index (κ1) is 11.9. The van der Waals surface area contributed by atoms with Crippen molar-refractivity contribution in [2.75, 3.05) is 20.3 Å². The van der Waals surface area contributed by atoms with Gasteiger partial charge in [-0.15, -0.1) is 0 Å². The number of benzene rings is 1. The average molecular weight is 235 g/mol. The van der Waals surface area contributed by atoms with Crippen LogP contribution in [0.1, 0.15) is 23.2 Å². The zero-order chi connectivity index (χ0) is 12.3. The Hall–Kier alpha value is -1.55. The van der Waals surface area contributed by atoms with Gasteiger partial charge in [0, 0.05) is 12.1 Å². The fourth-order valence-corrected chi connectivity index (χ4v) is 2.19. The molecule has 4 nitrogen and oxygen atoms in total. The SMILES string of the molecule is COc1ccc(C(=O)N2CCC[C@H]2CO)cc1. The maximum Gasteiger partial charge on any atom is 0.254 e. The van der Waals surface area contributed by atoms with Crippen LogP contribution in [0.3, 0.4) is 0 Å². The van der Waals surface area contributed by atoms with Gasteiger partial charge in [-0.3, -0.25) is 4.79 Å². The fraction of sp³-hybridized carbons (Fsp3) is 0.462. The smallest absolute Gasteiger partial charge is 0.254 e. The molecule has 1 aromatic carbocycles. The van der Waals surface area contributed by atoms with E-state index in [9.17, 15) is 9.90 Å². The molecule has 0 aromatic heterocycles. The van der Waals surface area contributed by atoms with Crippen LogP contribution in [0.15, 0.2) is 24.3 Å². The van der Waals surface area contributed by atoms with Gasteiger partial charge in [0.15, 0.2) is 0 Å². The zero-order valence-corrected chi connectivity index (χ0v) is 9.93. The topological polar surface area (TPSA) is 49.8 Å². The van der Waals surface area contributed by atoms with E-state index in [1.54, 1.807) is 36.3 Å². The van der Waals surface area contributed by atoms with Crippen LogP contribution in [0, 0.1) is 0 Å². The quantitative estimate of drug-likeness (QED) is 0.859. The summed E-state index contributed by atoms with van der Waals surface area (Å²) in [7, 11) is 1.60. The maximum absolute atomic E-state index is 12.2. The van der Waals surface area contributed by atoms with Gasteiger partial charge in [-0.25, -0.2) is 0 Å². The van der Waals surface area contributed by atoms with E-state index in [2.05, 4.69) is 0 Å². The summed E-state index contributed by atoms with van der Waals surface area (Å²) >= 11 is 0. The van der Waals surface area contributed by atoms with E-state index in [0.29, 0.717) is 5.56 Å². The summed E-state index contributed by atoms with van der Waals surface area (Å²) in [5.74, 6) is 0.728. The van der Waals surface area contributed by atoms with Gasteiger partial charge >= 0.3 is 0 Å². The molecule has 1 atom stereocenters. The molecule has 1 aromatic rings. The highest BCUT2D eigenvalue weighted by Crippen LogP contribution is 2.20. The second-order valence-electron chi connectivity index (χ2n) is 4.21. The van der Waals surface area contributed by atoms with Crippen molar-refractivity contribution >= 4 is 5.91 Å². The minimum atomic E-state index is -0.0235. The van der Waals surface area contributed by atoms with Crippen molar-refractivity contribution in [3.05, 3.63) is 29.8 Å². The fourth-order valence-electron chi connectivity index (χ4n) is 2.19. The number of amides is 1. The molecular weight excluding hydrogens is 218 g/mol. The van der Waals surface area contributed by atoms with Crippen molar-refractivity contribution in [3.63, 3.8) is 0 Å². The van der Waals surface area contributed by atoms with Crippen LogP contribution in [0.4, 0.5) is 0 Å². The standard InChI is InChI=1S/C13H17NO3/c1-17-12-6-4-10(5-7-12)13(16)14-8-2-3-11(14)9-15/h4-7,11,15H,2-3,8-9H2,1H3/t11-/m0/s1. The van der Waals surface area contributed by atoms with Crippen LogP contribution < -0.4 is 4.74 Å². The molecule has 2 rings (SSSR count). The minimum Gasteiger partial charge on any atom is -0.497 e. The molecule has 0 bridgehead atoms. The van der Waals surface area contributed by atoms with Gasteiger partial charge in [-0.2, -0.15) is 0 Å². The number of carbonyl (C=O) groups excluding carboxylic acids is 1. The number of nitrogens with zero attached hydrogens (tertiary/aromatic N) is 1. The molecule has 1 saturated heterocycles. The van der Waals surface area contributed by atoms with E-state index in [0.717, 1.165) is 25.1 Å². The number of ether oxygens (including phenoxy) is 1. The molecule has 0 spiro atoms. The number of aliphatic hydroxyl groups excluding tert-OH is 1. The summed E-state index contributed by atoms with van der Waals surface area (Å²) in [6.07, 6.45) is 1.85. The van der Waals surface area contributed by atoms with E-state index < -0.39 is 0 Å². The lowest BCUT2D eigenvalue weighted by molar-refractivity contribution is 0.0677. The van der Waals surface area contributed by atoms with Crippen LogP contribution in [0.5, 0.6) is 5.75 Å². The summed E-state index contributed by atoms with van der Waals surface area (Å²) in [6.45, 7) is 0.776. The predicted molar refractivity (Wildman–Crippen MR) is 64.1 cm³/mol. The van der Waals surface area contributed by atoms with Crippen LogP contribution >= 0.6 is 0 Å². The molecule has 0 saturated carbocycles. The van der Waals surface area contributed by atoms with Gasteiger partial charge < -0.3 is 14.7 Å². The van der Waals surface area contributed by atoms with Crippen molar-refractivity contribution < 1.29 is 14.6 Å². The molecule has 0 radical (unpaired) electrons. The molecule has 1 heterocycles. The van der Waals surface area contributed by atoms with Gasteiger partial charge in [-0.1, -0.05) is 0 Å². The molecule has 1 N–H and O–H groups in total. The van der Waals surface area contributed by atoms with Crippen molar-refractivity contribution in [1.82, 2.24) is 4.90 Å². The molecule has 0 unspecified atom stereocenters. The Morgan fingerprint density at radius 3 is 2.76 bits per heavy atom. The van der Waals surface area contributed by atoms with Crippen LogP contribution in [-0.2, 0) is 0 Å². The Balaban J connectivity index is 2.13. The highest BCUT2D eigenvalue weighted by atomic mass is 16.5. The largest absolute Gasteiger partial charge is 0.497 e. The van der Waals surface area contributed by atoms with Crippen molar-refractivity contribution in [2.24, 2.45) is 0 Å². The van der Waals surface area contributed by atoms with Crippen LogP contribution in [-0.4, -0.2) is 42.2 Å². The number of hydrogen-bond acceptors (Lipinski definition) is 3. The molecule has 1 amide bonds. The summed E-state index contributed by atoms with van der Waals surface area (Å²) in [5, 5.41) is 9.20. The van der Waals surface area contributed by atoms with Crippen molar-refractivity contribution in [2.45, 2.75) is 18.9 Å². The van der Waals surface area contributed by atoms with E-state index in [4.69, 9.17) is 4.74 Å². The Morgan fingerprint density at radius 2 is 2.18 bits per heavy atom. The van der Waals surface area contributed by atoms with Crippen molar-refractivity contribution in [3.8, 4) is 5.75 Å². The normalized spacial score (nSPS) is 19.4. The van der Waals surface area contributed by atoms with Gasteiger partial charge in [0.25, 0.3) is 5.91 Å². The maximum atomic E-state index is 12.2. The third kappa shape index (κ3) is 2.42. The Morgan fingerprint density at radius 1 is 1.47 bits per heavy atom. The van der Waals surface area contributed by atoms with Crippen LogP contribution in [0.25, 0.3) is 0 Å². The lowest BCUT2D eigenvalue weighted by atomic mass is 10.1. The van der Waals surface area contributed by atoms with Gasteiger partial charge in [0.2, 0.25) is 0 Å². The zero-order valence-electron chi connectivity index (χ0n) is 9.93. The Labute approximate surface area is 101 Å². The second kappa shape index (κ2) is 5.19. The number of hydrogen-bond donors (Lipinski definition) is 1. The van der Waals surface area contributed by atoms with Gasteiger partial charge in [0.1, 0.15) is 5.75 Å². The Kier molecular flexibility index (Phi) is 3.64. The van der Waals surface area contributed by atoms with Gasteiger partial charge in [0.05, 0.1) is 19.8 Å². The van der Waals surface area contributed by atoms with E-state index in [1.807, 2.05) is 0 Å². The molecule has 1 fully saturated rings. The van der Waals surface area contributed by atoms with E-state index in [-0.39, 0.29) is 18.6 Å². The monoisotopic (exact) mass is 235 g/mol. The third-order valence-corrected chi connectivity index (χ3v) is 3.19. The number of aliphatic hydroxyl groups is 1. The lowest BCUT2D eigenvalue weighted by Crippen LogP contribution is -2.37. The molecule has 92 valence electrons. The first-order chi connectivity index (χ1) is 8.26. The highest BCUT2D eigenvalue weighted by Gasteiger charge is 2.28. The Bertz CT molecular complexity index is 388. The average Bonchev–Trinajstić information content (AvgIpc) is 2.86. The molecular formula is C13H17NO3. The number of methoxy groups -OCH3 is 1. The second-order valence-corrected chi connectivity index (χ2v) is 4.21. The van der Waals surface area contributed by atoms with Gasteiger partial charge in [-0.05, 0) is 37.1 Å². The van der Waals surface area contributed by atoms with E-state index >= 15 is 0 Å². The first-order valence-corrected chi connectivity index (χ1v) is 5.82. The third-order valence-electron chi connectivity index (χ3n) is 3.19. The summed E-state index contributed by atoms with van der Waals surface area (Å²) in [5.41, 5.74) is 0.645. The predicted octanol–water partition coefficient (Wildman–Crippen LogP) is 1.29. The highest BCUT2D eigenvalue weighted by molar-refractivity contribution is 5.94. The molecule has 0 aliphatic carbocycles. The number of likely N-dealkylation sites (tertiary alicyclic amines) is 1. The molecule has 4 heteroatoms. The first-order valence-electron chi connectivity index (χ1n) is 5.82. The summed E-state index contributed by atoms with van der Waals surface area (Å²) in [6, 6.07) is 7.04. The molecule has 17 heavy (non-hydrogen) atoms. The van der Waals surface area contributed by atoms with Crippen molar-refractivity contribution in [1.29, 1.82) is 0 Å². The molecule has 1 aliphatic heterocycles. The number of rotatable bonds is 3. The van der Waals surface area contributed by atoms with Crippen LogP contribution in [0.2, 0.25) is 0 Å². The summed E-state index contributed by atoms with van der Waals surface area (Å²) in [4.78, 5) is 13.9. The van der Waals surface area contributed by atoms with E-state index in [1.165, 1.54) is 0 Å².